The van der Waals surface area contributed by atoms with Crippen LogP contribution in [0, 0.1) is 13.8 Å². The van der Waals surface area contributed by atoms with Crippen LogP contribution in [0.3, 0.4) is 0 Å². The van der Waals surface area contributed by atoms with Crippen LogP contribution in [-0.2, 0) is 5.41 Å². The standard InChI is InChI=1S/C13H19N/c1-8-5-9(2)12-10(6-8)11(14)7-13(12,3)4/h5-6,11H,7,14H2,1-4H3/t11-/m1/s1. The van der Waals surface area contributed by atoms with Crippen molar-refractivity contribution in [2.75, 3.05) is 0 Å². The topological polar surface area (TPSA) is 26.0 Å². The summed E-state index contributed by atoms with van der Waals surface area (Å²) in [5.41, 5.74) is 12.0. The maximum absolute atomic E-state index is 6.16. The quantitative estimate of drug-likeness (QED) is 0.667. The van der Waals surface area contributed by atoms with Crippen molar-refractivity contribution in [1.82, 2.24) is 0 Å². The smallest absolute Gasteiger partial charge is 0.0306 e. The summed E-state index contributed by atoms with van der Waals surface area (Å²) in [4.78, 5) is 0. The number of nitrogens with two attached hydrogens (primary N) is 1. The zero-order valence-electron chi connectivity index (χ0n) is 9.52. The van der Waals surface area contributed by atoms with Gasteiger partial charge in [0.25, 0.3) is 0 Å². The molecule has 0 aromatic heterocycles. The van der Waals surface area contributed by atoms with E-state index in [1.54, 1.807) is 0 Å². The number of hydrogen-bond donors (Lipinski definition) is 1. The first-order valence-corrected chi connectivity index (χ1v) is 5.29. The summed E-state index contributed by atoms with van der Waals surface area (Å²) in [6.07, 6.45) is 1.08. The molecule has 0 radical (unpaired) electrons. The molecule has 1 heteroatoms. The zero-order chi connectivity index (χ0) is 10.5. The summed E-state index contributed by atoms with van der Waals surface area (Å²) < 4.78 is 0. The molecule has 1 aliphatic rings. The molecule has 1 atom stereocenters. The van der Waals surface area contributed by atoms with Gasteiger partial charge in [-0.05, 0) is 42.4 Å². The molecule has 0 spiro atoms. The molecule has 2 N–H and O–H groups in total. The first-order valence-electron chi connectivity index (χ1n) is 5.29. The van der Waals surface area contributed by atoms with Crippen molar-refractivity contribution in [1.29, 1.82) is 0 Å². The molecule has 0 aliphatic heterocycles. The Hall–Kier alpha value is -0.820. The average molecular weight is 189 g/mol. The van der Waals surface area contributed by atoms with Crippen LogP contribution < -0.4 is 5.73 Å². The number of fused-ring (bicyclic) bond motifs is 1. The fourth-order valence-corrected chi connectivity index (χ4v) is 2.98. The highest BCUT2D eigenvalue weighted by molar-refractivity contribution is 5.48. The Labute approximate surface area is 86.3 Å². The van der Waals surface area contributed by atoms with E-state index in [9.17, 15) is 0 Å². The lowest BCUT2D eigenvalue weighted by Crippen LogP contribution is -2.15. The molecule has 14 heavy (non-hydrogen) atoms. The van der Waals surface area contributed by atoms with E-state index < -0.39 is 0 Å². The average Bonchev–Trinajstić information content (AvgIpc) is 2.21. The van der Waals surface area contributed by atoms with E-state index in [2.05, 4.69) is 39.8 Å². The first-order chi connectivity index (χ1) is 6.42. The van der Waals surface area contributed by atoms with Gasteiger partial charge in [0.15, 0.2) is 0 Å². The van der Waals surface area contributed by atoms with Crippen LogP contribution in [0.1, 0.15) is 48.6 Å². The van der Waals surface area contributed by atoms with E-state index in [0.717, 1.165) is 6.42 Å². The van der Waals surface area contributed by atoms with Gasteiger partial charge in [0, 0.05) is 6.04 Å². The zero-order valence-corrected chi connectivity index (χ0v) is 9.52. The molecule has 0 fully saturated rings. The second kappa shape index (κ2) is 2.83. The second-order valence-corrected chi connectivity index (χ2v) is 5.24. The van der Waals surface area contributed by atoms with Crippen LogP contribution in [0.15, 0.2) is 12.1 Å². The summed E-state index contributed by atoms with van der Waals surface area (Å²) in [7, 11) is 0. The van der Waals surface area contributed by atoms with Gasteiger partial charge in [0.05, 0.1) is 0 Å². The van der Waals surface area contributed by atoms with Crippen LogP contribution in [-0.4, -0.2) is 0 Å². The molecule has 76 valence electrons. The molecule has 1 nitrogen and oxygen atoms in total. The van der Waals surface area contributed by atoms with Gasteiger partial charge >= 0.3 is 0 Å². The number of hydrogen-bond acceptors (Lipinski definition) is 1. The third-order valence-electron chi connectivity index (χ3n) is 3.32. The lowest BCUT2D eigenvalue weighted by molar-refractivity contribution is 0.480. The van der Waals surface area contributed by atoms with Crippen LogP contribution in [0.2, 0.25) is 0 Å². The van der Waals surface area contributed by atoms with E-state index in [1.165, 1.54) is 22.3 Å². The number of aryl methyl sites for hydroxylation is 2. The predicted octanol–water partition coefficient (Wildman–Crippen LogP) is 2.98. The van der Waals surface area contributed by atoms with Crippen LogP contribution in [0.25, 0.3) is 0 Å². The first kappa shape index (κ1) is 9.72. The highest BCUT2D eigenvalue weighted by Crippen LogP contribution is 2.45. The fraction of sp³-hybridized carbons (Fsp3) is 0.538. The molecule has 0 unspecified atom stereocenters. The Morgan fingerprint density at radius 1 is 1.29 bits per heavy atom. The summed E-state index contributed by atoms with van der Waals surface area (Å²) in [6.45, 7) is 8.93. The molecule has 0 bridgehead atoms. The Balaban J connectivity index is 2.69. The maximum Gasteiger partial charge on any atom is 0.0306 e. The van der Waals surface area contributed by atoms with Crippen molar-refractivity contribution in [3.05, 3.63) is 34.4 Å². The van der Waals surface area contributed by atoms with Gasteiger partial charge in [-0.15, -0.1) is 0 Å². The van der Waals surface area contributed by atoms with Crippen molar-refractivity contribution >= 4 is 0 Å². The maximum atomic E-state index is 6.16. The Morgan fingerprint density at radius 3 is 2.57 bits per heavy atom. The minimum absolute atomic E-state index is 0.235. The van der Waals surface area contributed by atoms with Crippen molar-refractivity contribution in [3.63, 3.8) is 0 Å². The van der Waals surface area contributed by atoms with Crippen LogP contribution in [0.5, 0.6) is 0 Å². The molecule has 2 rings (SSSR count). The van der Waals surface area contributed by atoms with Gasteiger partial charge in [-0.1, -0.05) is 31.5 Å². The molecule has 1 aliphatic carbocycles. The molecular weight excluding hydrogens is 170 g/mol. The third-order valence-corrected chi connectivity index (χ3v) is 3.32. The van der Waals surface area contributed by atoms with Gasteiger partial charge in [-0.3, -0.25) is 0 Å². The normalized spacial score (nSPS) is 23.6. The number of benzene rings is 1. The summed E-state index contributed by atoms with van der Waals surface area (Å²) in [6, 6.07) is 4.75. The van der Waals surface area contributed by atoms with E-state index >= 15 is 0 Å². The molecule has 1 aromatic carbocycles. The molecule has 0 heterocycles. The summed E-state index contributed by atoms with van der Waals surface area (Å²) >= 11 is 0. The lowest BCUT2D eigenvalue weighted by atomic mass is 9.83. The molecule has 0 amide bonds. The second-order valence-electron chi connectivity index (χ2n) is 5.24. The SMILES string of the molecule is Cc1cc(C)c2c(c1)[C@H](N)CC2(C)C. The van der Waals surface area contributed by atoms with Crippen molar-refractivity contribution in [3.8, 4) is 0 Å². The summed E-state index contributed by atoms with van der Waals surface area (Å²) in [5.74, 6) is 0. The molecular formula is C13H19N. The lowest BCUT2D eigenvalue weighted by Gasteiger charge is -2.21. The van der Waals surface area contributed by atoms with Crippen molar-refractivity contribution in [2.24, 2.45) is 5.73 Å². The van der Waals surface area contributed by atoms with E-state index in [0.29, 0.717) is 0 Å². The largest absolute Gasteiger partial charge is 0.324 e. The van der Waals surface area contributed by atoms with Gasteiger partial charge in [0.2, 0.25) is 0 Å². The monoisotopic (exact) mass is 189 g/mol. The highest BCUT2D eigenvalue weighted by Gasteiger charge is 2.36. The minimum Gasteiger partial charge on any atom is -0.324 e. The molecule has 1 aromatic rings. The van der Waals surface area contributed by atoms with E-state index in [1.807, 2.05) is 0 Å². The fourth-order valence-electron chi connectivity index (χ4n) is 2.98. The van der Waals surface area contributed by atoms with E-state index in [4.69, 9.17) is 5.73 Å². The van der Waals surface area contributed by atoms with Crippen molar-refractivity contribution in [2.45, 2.75) is 45.6 Å². The molecule has 0 saturated heterocycles. The van der Waals surface area contributed by atoms with Crippen LogP contribution in [0.4, 0.5) is 0 Å². The van der Waals surface area contributed by atoms with Gasteiger partial charge in [-0.25, -0.2) is 0 Å². The van der Waals surface area contributed by atoms with Gasteiger partial charge in [-0.2, -0.15) is 0 Å². The highest BCUT2D eigenvalue weighted by atomic mass is 14.7. The van der Waals surface area contributed by atoms with Crippen LogP contribution >= 0.6 is 0 Å². The Bertz CT molecular complexity index is 377. The molecule has 0 saturated carbocycles. The number of rotatable bonds is 0. The Kier molecular flexibility index (Phi) is 1.97. The van der Waals surface area contributed by atoms with Gasteiger partial charge < -0.3 is 5.73 Å². The van der Waals surface area contributed by atoms with E-state index in [-0.39, 0.29) is 11.5 Å². The third kappa shape index (κ3) is 1.27. The predicted molar refractivity (Wildman–Crippen MR) is 60.5 cm³/mol. The Morgan fingerprint density at radius 2 is 1.93 bits per heavy atom. The minimum atomic E-state index is 0.235. The summed E-state index contributed by atoms with van der Waals surface area (Å²) in [5, 5.41) is 0. The van der Waals surface area contributed by atoms with Crippen molar-refractivity contribution < 1.29 is 0 Å². The van der Waals surface area contributed by atoms with Gasteiger partial charge in [0.1, 0.15) is 0 Å².